The Hall–Kier alpha value is -2.87. The summed E-state index contributed by atoms with van der Waals surface area (Å²) in [5, 5.41) is 5.68. The number of hydrogen-bond acceptors (Lipinski definition) is 5. The number of benzene rings is 1. The molecular formula is C23H32N4O4. The fraction of sp³-hybridized carbons (Fsp3) is 0.522. The van der Waals surface area contributed by atoms with Gasteiger partial charge in [-0.1, -0.05) is 32.4 Å². The Morgan fingerprint density at radius 3 is 2.58 bits per heavy atom. The number of hydrogen-bond donors (Lipinski definition) is 2. The van der Waals surface area contributed by atoms with Crippen molar-refractivity contribution in [2.45, 2.75) is 44.9 Å². The first-order valence-electron chi connectivity index (χ1n) is 10.8. The van der Waals surface area contributed by atoms with Crippen LogP contribution in [0.15, 0.2) is 30.5 Å². The Kier molecular flexibility index (Phi) is 7.33. The number of carbonyl (C=O) groups is 3. The minimum absolute atomic E-state index is 0.0739. The van der Waals surface area contributed by atoms with Crippen LogP contribution in [0.4, 0.5) is 0 Å². The van der Waals surface area contributed by atoms with Gasteiger partial charge in [0.25, 0.3) is 0 Å². The van der Waals surface area contributed by atoms with Gasteiger partial charge in [0.05, 0.1) is 6.54 Å². The maximum absolute atomic E-state index is 13.4. The van der Waals surface area contributed by atoms with Crippen molar-refractivity contribution in [1.82, 2.24) is 20.4 Å². The summed E-state index contributed by atoms with van der Waals surface area (Å²) in [4.78, 5) is 42.4. The molecule has 8 nitrogen and oxygen atoms in total. The first-order chi connectivity index (χ1) is 14.8. The molecule has 0 saturated carbocycles. The van der Waals surface area contributed by atoms with Gasteiger partial charge in [-0.15, -0.1) is 0 Å². The number of fused-ring (bicyclic) bond motifs is 7. The van der Waals surface area contributed by atoms with Gasteiger partial charge in [0.15, 0.2) is 0 Å². The molecule has 2 bridgehead atoms. The molecule has 3 amide bonds. The summed E-state index contributed by atoms with van der Waals surface area (Å²) in [5.74, 6) is -0.223. The van der Waals surface area contributed by atoms with Crippen LogP contribution in [-0.4, -0.2) is 72.9 Å². The second kappa shape index (κ2) is 9.96. The highest BCUT2D eigenvalue weighted by Gasteiger charge is 2.44. The molecule has 0 spiro atoms. The highest BCUT2D eigenvalue weighted by atomic mass is 16.5. The minimum Gasteiger partial charge on any atom is -0.488 e. The van der Waals surface area contributed by atoms with E-state index in [1.165, 1.54) is 0 Å². The molecule has 1 aromatic carbocycles. The third kappa shape index (κ3) is 5.44. The molecule has 3 heterocycles. The van der Waals surface area contributed by atoms with Crippen molar-refractivity contribution in [1.29, 1.82) is 0 Å². The van der Waals surface area contributed by atoms with E-state index >= 15 is 0 Å². The lowest BCUT2D eigenvalue weighted by Crippen LogP contribution is -2.58. The van der Waals surface area contributed by atoms with Crippen LogP contribution in [0.1, 0.15) is 32.3 Å². The molecule has 4 rings (SSSR count). The molecule has 1 fully saturated rings. The van der Waals surface area contributed by atoms with Gasteiger partial charge in [-0.25, -0.2) is 0 Å². The molecule has 2 N–H and O–H groups in total. The van der Waals surface area contributed by atoms with E-state index in [0.29, 0.717) is 18.7 Å². The van der Waals surface area contributed by atoms with Gasteiger partial charge in [-0.3, -0.25) is 14.4 Å². The zero-order valence-corrected chi connectivity index (χ0v) is 18.6. The number of nitrogens with one attached hydrogen (secondary N) is 2. The quantitative estimate of drug-likeness (QED) is 0.753. The number of likely N-dealkylation sites (N-methyl/N-ethyl adjacent to an activating group) is 1. The van der Waals surface area contributed by atoms with Crippen LogP contribution in [0.25, 0.3) is 6.08 Å². The minimum atomic E-state index is -0.801. The molecule has 1 aromatic rings. The first kappa shape index (κ1) is 22.8. The summed E-state index contributed by atoms with van der Waals surface area (Å²) in [7, 11) is 3.63. The molecule has 1 saturated heterocycles. The number of rotatable bonds is 4. The van der Waals surface area contributed by atoms with Crippen LogP contribution in [-0.2, 0) is 14.4 Å². The van der Waals surface area contributed by atoms with Crippen molar-refractivity contribution in [2.75, 3.05) is 27.2 Å². The number of likely N-dealkylation sites (tertiary alicyclic amines) is 1. The average Bonchev–Trinajstić information content (AvgIpc) is 3.15. The maximum atomic E-state index is 13.4. The van der Waals surface area contributed by atoms with Gasteiger partial charge < -0.3 is 25.2 Å². The second-order valence-electron chi connectivity index (χ2n) is 8.50. The van der Waals surface area contributed by atoms with E-state index in [0.717, 1.165) is 12.0 Å². The second-order valence-corrected chi connectivity index (χ2v) is 8.50. The molecule has 31 heavy (non-hydrogen) atoms. The molecule has 8 heteroatoms. The highest BCUT2D eigenvalue weighted by Crippen LogP contribution is 2.26. The Morgan fingerprint density at radius 1 is 1.23 bits per heavy atom. The molecule has 4 atom stereocenters. The Labute approximate surface area is 183 Å². The highest BCUT2D eigenvalue weighted by molar-refractivity contribution is 5.93. The van der Waals surface area contributed by atoms with Gasteiger partial charge in [0.2, 0.25) is 17.7 Å². The van der Waals surface area contributed by atoms with Gasteiger partial charge in [0, 0.05) is 19.2 Å². The molecule has 3 aliphatic heterocycles. The lowest BCUT2D eigenvalue weighted by Gasteiger charge is -2.31. The number of ether oxygens (including phenoxy) is 1. The lowest BCUT2D eigenvalue weighted by molar-refractivity contribution is -0.142. The smallest absolute Gasteiger partial charge is 0.247 e. The van der Waals surface area contributed by atoms with Crippen LogP contribution in [0.3, 0.4) is 0 Å². The van der Waals surface area contributed by atoms with E-state index in [1.54, 1.807) is 22.1 Å². The third-order valence-corrected chi connectivity index (χ3v) is 5.85. The molecule has 0 aliphatic carbocycles. The molecule has 0 aromatic heterocycles. The molecular weight excluding hydrogens is 396 g/mol. The molecule has 168 valence electrons. The fourth-order valence-corrected chi connectivity index (χ4v) is 3.92. The summed E-state index contributed by atoms with van der Waals surface area (Å²) in [6, 6.07) is 5.91. The maximum Gasteiger partial charge on any atom is 0.247 e. The SMILES string of the molecule is CC[C@H](C)[C@@H]1NC(=O)[C@@H]2[C@H](CCN2C(=O)CN(C)C)Oc2ccc(cc2)/C=C\NC1=O. The van der Waals surface area contributed by atoms with Crippen molar-refractivity contribution in [3.05, 3.63) is 36.0 Å². The number of carbonyl (C=O) groups excluding carboxylic acids is 3. The van der Waals surface area contributed by atoms with Crippen molar-refractivity contribution in [3.8, 4) is 5.75 Å². The summed E-state index contributed by atoms with van der Waals surface area (Å²) in [6.45, 7) is 4.52. The monoisotopic (exact) mass is 428 g/mol. The normalized spacial score (nSPS) is 25.8. The van der Waals surface area contributed by atoms with Crippen LogP contribution in [0, 0.1) is 5.92 Å². The third-order valence-electron chi connectivity index (χ3n) is 5.85. The standard InChI is InChI=1S/C23H32N4O4/c1-5-15(2)20-22(29)24-12-10-16-6-8-17(9-7-16)31-18-11-13-27(19(28)14-26(3)4)21(18)23(30)25-20/h6-10,12,15,18,20-21H,5,11,13-14H2,1-4H3,(H,24,29)(H,25,30)/b12-10-/t15-,18-,20-,21-/m0/s1. The van der Waals surface area contributed by atoms with Crippen molar-refractivity contribution >= 4 is 23.8 Å². The van der Waals surface area contributed by atoms with Gasteiger partial charge in [-0.05, 0) is 43.8 Å². The van der Waals surface area contributed by atoms with Crippen LogP contribution < -0.4 is 15.4 Å². The van der Waals surface area contributed by atoms with E-state index in [4.69, 9.17) is 4.74 Å². The predicted octanol–water partition coefficient (Wildman–Crippen LogP) is 1.23. The van der Waals surface area contributed by atoms with Crippen LogP contribution in [0.2, 0.25) is 0 Å². The topological polar surface area (TPSA) is 91.0 Å². The Morgan fingerprint density at radius 2 is 1.94 bits per heavy atom. The van der Waals surface area contributed by atoms with Crippen molar-refractivity contribution in [3.63, 3.8) is 0 Å². The van der Waals surface area contributed by atoms with Gasteiger partial charge >= 0.3 is 0 Å². The summed E-state index contributed by atoms with van der Waals surface area (Å²) in [5.41, 5.74) is 0.916. The van der Waals surface area contributed by atoms with E-state index < -0.39 is 18.2 Å². The largest absolute Gasteiger partial charge is 0.488 e. The van der Waals surface area contributed by atoms with Crippen LogP contribution >= 0.6 is 0 Å². The summed E-state index contributed by atoms with van der Waals surface area (Å²) >= 11 is 0. The molecule has 0 radical (unpaired) electrons. The summed E-state index contributed by atoms with van der Waals surface area (Å²) < 4.78 is 6.15. The van der Waals surface area contributed by atoms with E-state index in [1.807, 2.05) is 52.2 Å². The van der Waals surface area contributed by atoms with Gasteiger partial charge in [0.1, 0.15) is 23.9 Å². The van der Waals surface area contributed by atoms with Crippen molar-refractivity contribution < 1.29 is 19.1 Å². The predicted molar refractivity (Wildman–Crippen MR) is 118 cm³/mol. The van der Waals surface area contributed by atoms with E-state index in [2.05, 4.69) is 10.6 Å². The Bertz CT molecular complexity index is 836. The Balaban J connectivity index is 1.96. The van der Waals surface area contributed by atoms with E-state index in [9.17, 15) is 14.4 Å². The van der Waals surface area contributed by atoms with Gasteiger partial charge in [-0.2, -0.15) is 0 Å². The number of amides is 3. The number of nitrogens with zero attached hydrogens (tertiary/aromatic N) is 2. The zero-order valence-electron chi connectivity index (χ0n) is 18.6. The molecule has 3 aliphatic rings. The first-order valence-corrected chi connectivity index (χ1v) is 10.8. The van der Waals surface area contributed by atoms with Crippen molar-refractivity contribution in [2.24, 2.45) is 5.92 Å². The average molecular weight is 429 g/mol. The van der Waals surface area contributed by atoms with E-state index in [-0.39, 0.29) is 30.2 Å². The summed E-state index contributed by atoms with van der Waals surface area (Å²) in [6.07, 6.45) is 4.14. The fourth-order valence-electron chi connectivity index (χ4n) is 3.92. The molecule has 0 unspecified atom stereocenters. The lowest BCUT2D eigenvalue weighted by atomic mass is 9.97. The zero-order chi connectivity index (χ0) is 22.5. The van der Waals surface area contributed by atoms with Crippen LogP contribution in [0.5, 0.6) is 5.75 Å².